The number of nitrogens with one attached hydrogen (secondary N) is 1. The maximum Gasteiger partial charge on any atom is 0.170 e. The zero-order valence-corrected chi connectivity index (χ0v) is 17.0. The zero-order chi connectivity index (χ0) is 20.2. The van der Waals surface area contributed by atoms with Crippen molar-refractivity contribution in [3.63, 3.8) is 0 Å². The summed E-state index contributed by atoms with van der Waals surface area (Å²) < 4.78 is 7.56. The number of aliphatic hydroxyl groups excluding tert-OH is 1. The van der Waals surface area contributed by atoms with E-state index in [2.05, 4.69) is 31.9 Å². The fraction of sp³-hybridized carbons (Fsp3) is 0.273. The molecule has 2 N–H and O–H groups in total. The number of hydrogen-bond acceptors (Lipinski definition) is 4. The topological polar surface area (TPSA) is 62.5 Å². The Balaban J connectivity index is 1.78. The van der Waals surface area contributed by atoms with Gasteiger partial charge in [0.2, 0.25) is 0 Å². The van der Waals surface area contributed by atoms with Gasteiger partial charge in [0.1, 0.15) is 5.75 Å². The Hall–Kier alpha value is -2.90. The number of methoxy groups -OCH3 is 1. The fourth-order valence-electron chi connectivity index (χ4n) is 3.84. The van der Waals surface area contributed by atoms with Crippen molar-refractivity contribution in [2.24, 2.45) is 0 Å². The first kappa shape index (κ1) is 19.4. The van der Waals surface area contributed by atoms with Gasteiger partial charge in [0.05, 0.1) is 24.9 Å². The lowest BCUT2D eigenvalue weighted by Crippen LogP contribution is -2.31. The van der Waals surface area contributed by atoms with Gasteiger partial charge in [-0.2, -0.15) is 0 Å². The maximum absolute atomic E-state index is 9.38. The van der Waals surface area contributed by atoms with Crippen LogP contribution in [0.1, 0.15) is 29.9 Å². The summed E-state index contributed by atoms with van der Waals surface area (Å²) in [6.45, 7) is 0.788. The lowest BCUT2D eigenvalue weighted by Gasteiger charge is -2.28. The second-order valence-electron chi connectivity index (χ2n) is 6.90. The van der Waals surface area contributed by atoms with Crippen LogP contribution in [0.25, 0.3) is 5.69 Å². The maximum atomic E-state index is 9.38. The molecule has 1 saturated heterocycles. The third-order valence-corrected chi connectivity index (χ3v) is 5.52. The second kappa shape index (κ2) is 8.63. The molecule has 0 saturated carbocycles. The number of ether oxygens (including phenoxy) is 1. The quantitative estimate of drug-likeness (QED) is 0.586. The minimum absolute atomic E-state index is 0.0508. The monoisotopic (exact) mass is 408 g/mol. The third-order valence-electron chi connectivity index (χ3n) is 5.17. The Morgan fingerprint density at radius 3 is 2.83 bits per heavy atom. The minimum atomic E-state index is -0.0818. The van der Waals surface area contributed by atoms with E-state index < -0.39 is 0 Å². The average molecular weight is 409 g/mol. The molecule has 3 aromatic rings. The number of hydrogen-bond donors (Lipinski definition) is 2. The van der Waals surface area contributed by atoms with Gasteiger partial charge in [0.15, 0.2) is 5.11 Å². The molecule has 7 heteroatoms. The van der Waals surface area contributed by atoms with E-state index in [9.17, 15) is 5.11 Å². The van der Waals surface area contributed by atoms with Crippen LogP contribution in [-0.2, 0) is 0 Å². The lowest BCUT2D eigenvalue weighted by molar-refractivity contribution is 0.244. The summed E-state index contributed by atoms with van der Waals surface area (Å²) in [4.78, 5) is 6.72. The number of aliphatic hydroxyl groups is 1. The van der Waals surface area contributed by atoms with Crippen molar-refractivity contribution in [1.82, 2.24) is 19.8 Å². The molecule has 0 radical (unpaired) electrons. The van der Waals surface area contributed by atoms with E-state index in [4.69, 9.17) is 17.0 Å². The van der Waals surface area contributed by atoms with Crippen molar-refractivity contribution in [3.05, 3.63) is 78.4 Å². The Morgan fingerprint density at radius 2 is 2.07 bits per heavy atom. The summed E-state index contributed by atoms with van der Waals surface area (Å²) in [7, 11) is 1.67. The Morgan fingerprint density at radius 1 is 1.17 bits per heavy atom. The number of rotatable bonds is 7. The van der Waals surface area contributed by atoms with Crippen molar-refractivity contribution in [2.45, 2.75) is 18.5 Å². The van der Waals surface area contributed by atoms with Gasteiger partial charge in [0, 0.05) is 43.0 Å². The molecule has 3 heterocycles. The normalized spacial score (nSPS) is 18.7. The Labute approximate surface area is 175 Å². The Kier molecular flexibility index (Phi) is 5.78. The molecule has 29 heavy (non-hydrogen) atoms. The number of benzene rings is 1. The van der Waals surface area contributed by atoms with Crippen molar-refractivity contribution in [3.8, 4) is 11.4 Å². The number of thiocarbonyl (C=S) groups is 1. The van der Waals surface area contributed by atoms with Gasteiger partial charge in [-0.3, -0.25) is 4.98 Å². The second-order valence-corrected chi connectivity index (χ2v) is 7.29. The molecule has 0 amide bonds. The molecular formula is C22H24N4O2S. The van der Waals surface area contributed by atoms with E-state index in [1.807, 2.05) is 48.7 Å². The van der Waals surface area contributed by atoms with Crippen LogP contribution in [-0.4, -0.2) is 44.9 Å². The summed E-state index contributed by atoms with van der Waals surface area (Å²) in [5.74, 6) is 0.806. The van der Waals surface area contributed by atoms with Gasteiger partial charge < -0.3 is 24.6 Å². The first-order valence-corrected chi connectivity index (χ1v) is 10.0. The predicted octanol–water partition coefficient (Wildman–Crippen LogP) is 3.24. The summed E-state index contributed by atoms with van der Waals surface area (Å²) in [5, 5.41) is 13.5. The van der Waals surface area contributed by atoms with Gasteiger partial charge in [-0.15, -0.1) is 0 Å². The van der Waals surface area contributed by atoms with Gasteiger partial charge in [-0.25, -0.2) is 0 Å². The van der Waals surface area contributed by atoms with E-state index in [0.29, 0.717) is 18.1 Å². The largest absolute Gasteiger partial charge is 0.497 e. The van der Waals surface area contributed by atoms with Gasteiger partial charge >= 0.3 is 0 Å². The lowest BCUT2D eigenvalue weighted by atomic mass is 10.0. The molecule has 1 aromatic carbocycles. The molecule has 2 aromatic heterocycles. The van der Waals surface area contributed by atoms with Gasteiger partial charge in [0.25, 0.3) is 0 Å². The van der Waals surface area contributed by atoms with Crippen LogP contribution in [0.5, 0.6) is 5.75 Å². The van der Waals surface area contributed by atoms with E-state index in [-0.39, 0.29) is 18.7 Å². The highest BCUT2D eigenvalue weighted by atomic mass is 32.1. The average Bonchev–Trinajstić information content (AvgIpc) is 3.37. The molecule has 0 unspecified atom stereocenters. The van der Waals surface area contributed by atoms with Crippen LogP contribution in [0.2, 0.25) is 0 Å². The zero-order valence-electron chi connectivity index (χ0n) is 16.2. The Bertz CT molecular complexity index is 976. The van der Waals surface area contributed by atoms with E-state index >= 15 is 0 Å². The summed E-state index contributed by atoms with van der Waals surface area (Å²) in [6, 6.07) is 17.9. The molecular weight excluding hydrogens is 384 g/mol. The standard InChI is InChI=1S/C22H24N4O2S/c1-28-17-8-4-7-16(15-17)25-12-5-10-19(25)21-20(18-9-2-3-11-23-18)24-22(29)26(21)13-6-14-27/h2-5,7-12,15,20-21,27H,6,13-14H2,1H3,(H,24,29)/t20-,21-/m1/s1. The molecule has 1 aliphatic heterocycles. The molecule has 0 aliphatic carbocycles. The molecule has 4 rings (SSSR count). The highest BCUT2D eigenvalue weighted by Gasteiger charge is 2.40. The van der Waals surface area contributed by atoms with Crippen molar-refractivity contribution >= 4 is 17.3 Å². The summed E-state index contributed by atoms with van der Waals surface area (Å²) in [5.41, 5.74) is 3.05. The molecule has 1 fully saturated rings. The van der Waals surface area contributed by atoms with Gasteiger partial charge in [-0.05, 0) is 55.0 Å². The van der Waals surface area contributed by atoms with Crippen LogP contribution in [0, 0.1) is 0 Å². The highest BCUT2D eigenvalue weighted by Crippen LogP contribution is 2.39. The molecule has 2 atom stereocenters. The first-order chi connectivity index (χ1) is 14.2. The summed E-state index contributed by atoms with van der Waals surface area (Å²) in [6.07, 6.45) is 4.49. The van der Waals surface area contributed by atoms with Crippen LogP contribution in [0.15, 0.2) is 67.0 Å². The molecule has 1 aliphatic rings. The number of pyridine rings is 1. The van der Waals surface area contributed by atoms with Crippen LogP contribution >= 0.6 is 12.2 Å². The minimum Gasteiger partial charge on any atom is -0.497 e. The SMILES string of the molecule is COc1cccc(-n2cccc2[C@@H]2[C@@H](c3ccccn3)NC(=S)N2CCCO)c1. The van der Waals surface area contributed by atoms with E-state index in [1.165, 1.54) is 0 Å². The first-order valence-electron chi connectivity index (χ1n) is 9.63. The van der Waals surface area contributed by atoms with E-state index in [1.54, 1.807) is 13.3 Å². The molecule has 6 nitrogen and oxygen atoms in total. The predicted molar refractivity (Wildman–Crippen MR) is 116 cm³/mol. The van der Waals surface area contributed by atoms with Crippen molar-refractivity contribution in [1.29, 1.82) is 0 Å². The number of aromatic nitrogens is 2. The molecule has 0 spiro atoms. The van der Waals surface area contributed by atoms with Crippen LogP contribution in [0.3, 0.4) is 0 Å². The van der Waals surface area contributed by atoms with Gasteiger partial charge in [-0.1, -0.05) is 12.1 Å². The molecule has 150 valence electrons. The van der Waals surface area contributed by atoms with Crippen molar-refractivity contribution < 1.29 is 9.84 Å². The fourth-order valence-corrected chi connectivity index (χ4v) is 4.17. The third kappa shape index (κ3) is 3.83. The number of nitrogens with zero attached hydrogens (tertiary/aromatic N) is 3. The molecule has 0 bridgehead atoms. The summed E-state index contributed by atoms with van der Waals surface area (Å²) >= 11 is 5.66. The van der Waals surface area contributed by atoms with Crippen molar-refractivity contribution in [2.75, 3.05) is 20.3 Å². The van der Waals surface area contributed by atoms with Crippen LogP contribution in [0.4, 0.5) is 0 Å². The smallest absolute Gasteiger partial charge is 0.170 e. The van der Waals surface area contributed by atoms with E-state index in [0.717, 1.165) is 22.8 Å². The highest BCUT2D eigenvalue weighted by molar-refractivity contribution is 7.80. The van der Waals surface area contributed by atoms with Crippen LogP contribution < -0.4 is 10.1 Å².